The lowest BCUT2D eigenvalue weighted by molar-refractivity contribution is 0.164. The predicted molar refractivity (Wildman–Crippen MR) is 45.0 cm³/mol. The first-order valence-electron chi connectivity index (χ1n) is 4.03. The van der Waals surface area contributed by atoms with E-state index < -0.39 is 0 Å². The van der Waals surface area contributed by atoms with Crippen LogP contribution in [0.15, 0.2) is 12.1 Å². The first-order valence-corrected chi connectivity index (χ1v) is 4.03. The summed E-state index contributed by atoms with van der Waals surface area (Å²) in [4.78, 5) is 0. The second-order valence-electron chi connectivity index (χ2n) is 2.79. The Labute approximate surface area is 75.3 Å². The molecule has 2 rings (SSSR count). The quantitative estimate of drug-likeness (QED) is 0.669. The second-order valence-corrected chi connectivity index (χ2v) is 2.79. The number of ether oxygens (including phenoxy) is 2. The molecule has 1 aromatic carbocycles. The van der Waals surface area contributed by atoms with Crippen molar-refractivity contribution < 1.29 is 19.7 Å². The third-order valence-corrected chi connectivity index (χ3v) is 1.87. The zero-order chi connectivity index (χ0) is 9.26. The SMILES string of the molecule is OCc1cc(O)cc2c1OCCO2. The van der Waals surface area contributed by atoms with Gasteiger partial charge in [-0.25, -0.2) is 0 Å². The minimum absolute atomic E-state index is 0.0771. The molecule has 13 heavy (non-hydrogen) atoms. The van der Waals surface area contributed by atoms with E-state index in [-0.39, 0.29) is 12.4 Å². The van der Waals surface area contributed by atoms with Crippen molar-refractivity contribution in [3.05, 3.63) is 17.7 Å². The van der Waals surface area contributed by atoms with Gasteiger partial charge in [0.05, 0.1) is 6.61 Å². The molecule has 1 aliphatic rings. The Bertz CT molecular complexity index is 304. The number of aliphatic hydroxyl groups excluding tert-OH is 1. The molecule has 1 aromatic rings. The molecule has 1 heterocycles. The standard InChI is InChI=1S/C9H10O4/c10-5-6-3-7(11)4-8-9(6)13-2-1-12-8/h3-4,10-11H,1-2,5H2. The zero-order valence-electron chi connectivity index (χ0n) is 6.99. The second kappa shape index (κ2) is 3.14. The number of aliphatic hydroxyl groups is 1. The molecular formula is C9H10O4. The van der Waals surface area contributed by atoms with Gasteiger partial charge < -0.3 is 19.7 Å². The van der Waals surface area contributed by atoms with Crippen LogP contribution < -0.4 is 9.47 Å². The molecule has 0 bridgehead atoms. The molecule has 0 amide bonds. The van der Waals surface area contributed by atoms with Crippen LogP contribution in [0, 0.1) is 0 Å². The number of benzene rings is 1. The third-order valence-electron chi connectivity index (χ3n) is 1.87. The van der Waals surface area contributed by atoms with Crippen molar-refractivity contribution in [3.63, 3.8) is 0 Å². The summed E-state index contributed by atoms with van der Waals surface area (Å²) in [5.74, 6) is 1.11. The van der Waals surface area contributed by atoms with E-state index in [1.165, 1.54) is 12.1 Å². The molecule has 2 N–H and O–H groups in total. The van der Waals surface area contributed by atoms with E-state index in [2.05, 4.69) is 0 Å². The summed E-state index contributed by atoms with van der Waals surface area (Å²) in [7, 11) is 0. The van der Waals surface area contributed by atoms with E-state index in [4.69, 9.17) is 14.6 Å². The number of hydrogen-bond acceptors (Lipinski definition) is 4. The van der Waals surface area contributed by atoms with E-state index in [0.717, 1.165) is 0 Å². The average Bonchev–Trinajstić information content (AvgIpc) is 2.16. The van der Waals surface area contributed by atoms with Crippen molar-refractivity contribution in [2.24, 2.45) is 0 Å². The fourth-order valence-corrected chi connectivity index (χ4v) is 1.33. The Morgan fingerprint density at radius 2 is 2.00 bits per heavy atom. The van der Waals surface area contributed by atoms with Crippen LogP contribution in [0.1, 0.15) is 5.56 Å². The zero-order valence-corrected chi connectivity index (χ0v) is 6.99. The van der Waals surface area contributed by atoms with E-state index in [9.17, 15) is 5.11 Å². The summed E-state index contributed by atoms with van der Waals surface area (Å²) < 4.78 is 10.6. The van der Waals surface area contributed by atoms with E-state index >= 15 is 0 Å². The lowest BCUT2D eigenvalue weighted by atomic mass is 10.1. The summed E-state index contributed by atoms with van der Waals surface area (Å²) in [6.07, 6.45) is 0. The highest BCUT2D eigenvalue weighted by Crippen LogP contribution is 2.37. The molecule has 0 unspecified atom stereocenters. The molecule has 0 saturated heterocycles. The largest absolute Gasteiger partial charge is 0.508 e. The maximum Gasteiger partial charge on any atom is 0.167 e. The van der Waals surface area contributed by atoms with E-state index in [0.29, 0.717) is 30.3 Å². The fourth-order valence-electron chi connectivity index (χ4n) is 1.33. The van der Waals surface area contributed by atoms with Gasteiger partial charge in [0.25, 0.3) is 0 Å². The minimum atomic E-state index is -0.167. The van der Waals surface area contributed by atoms with Crippen LogP contribution in [-0.4, -0.2) is 23.4 Å². The van der Waals surface area contributed by atoms with Crippen LogP contribution in [0.5, 0.6) is 17.2 Å². The van der Waals surface area contributed by atoms with Crippen LogP contribution in [0.4, 0.5) is 0 Å². The Morgan fingerprint density at radius 3 is 2.77 bits per heavy atom. The van der Waals surface area contributed by atoms with Gasteiger partial charge in [-0.1, -0.05) is 0 Å². The summed E-state index contributed by atoms with van der Waals surface area (Å²) >= 11 is 0. The number of fused-ring (bicyclic) bond motifs is 1. The monoisotopic (exact) mass is 182 g/mol. The van der Waals surface area contributed by atoms with Crippen LogP contribution in [-0.2, 0) is 6.61 Å². The summed E-state index contributed by atoms with van der Waals surface area (Å²) in [6.45, 7) is 0.784. The maximum atomic E-state index is 9.25. The lowest BCUT2D eigenvalue weighted by Gasteiger charge is -2.20. The van der Waals surface area contributed by atoms with Gasteiger partial charge in [-0.3, -0.25) is 0 Å². The highest BCUT2D eigenvalue weighted by Gasteiger charge is 2.16. The van der Waals surface area contributed by atoms with Gasteiger partial charge in [-0.05, 0) is 6.07 Å². The molecule has 0 fully saturated rings. The molecule has 1 aliphatic heterocycles. The van der Waals surface area contributed by atoms with Gasteiger partial charge >= 0.3 is 0 Å². The first-order chi connectivity index (χ1) is 6.31. The van der Waals surface area contributed by atoms with E-state index in [1.54, 1.807) is 0 Å². The van der Waals surface area contributed by atoms with Crippen molar-refractivity contribution >= 4 is 0 Å². The molecule has 4 nitrogen and oxygen atoms in total. The lowest BCUT2D eigenvalue weighted by Crippen LogP contribution is -2.16. The van der Waals surface area contributed by atoms with Crippen LogP contribution in [0.25, 0.3) is 0 Å². The van der Waals surface area contributed by atoms with Crippen LogP contribution in [0.3, 0.4) is 0 Å². The third kappa shape index (κ3) is 1.40. The first kappa shape index (κ1) is 8.19. The van der Waals surface area contributed by atoms with Crippen molar-refractivity contribution in [2.45, 2.75) is 6.61 Å². The number of phenols is 1. The molecule has 0 aliphatic carbocycles. The average molecular weight is 182 g/mol. The Morgan fingerprint density at radius 1 is 1.23 bits per heavy atom. The van der Waals surface area contributed by atoms with Crippen molar-refractivity contribution in [3.8, 4) is 17.2 Å². The molecule has 4 heteroatoms. The van der Waals surface area contributed by atoms with Crippen molar-refractivity contribution in [1.82, 2.24) is 0 Å². The molecule has 0 saturated carbocycles. The summed E-state index contributed by atoms with van der Waals surface area (Å²) in [6, 6.07) is 2.95. The Balaban J connectivity index is 2.50. The van der Waals surface area contributed by atoms with Crippen molar-refractivity contribution in [1.29, 1.82) is 0 Å². The number of rotatable bonds is 1. The summed E-state index contributed by atoms with van der Waals surface area (Å²) in [5, 5.41) is 18.2. The highest BCUT2D eigenvalue weighted by atomic mass is 16.6. The molecular weight excluding hydrogens is 172 g/mol. The smallest absolute Gasteiger partial charge is 0.167 e. The molecule has 70 valence electrons. The number of aromatic hydroxyl groups is 1. The molecule has 0 radical (unpaired) electrons. The van der Waals surface area contributed by atoms with Gasteiger partial charge in [0, 0.05) is 11.6 Å². The highest BCUT2D eigenvalue weighted by molar-refractivity contribution is 5.51. The van der Waals surface area contributed by atoms with Gasteiger partial charge in [0.15, 0.2) is 11.5 Å². The molecule has 0 aromatic heterocycles. The van der Waals surface area contributed by atoms with Gasteiger partial charge in [0.1, 0.15) is 19.0 Å². The number of phenolic OH excluding ortho intramolecular Hbond substituents is 1. The Hall–Kier alpha value is -1.42. The minimum Gasteiger partial charge on any atom is -0.508 e. The van der Waals surface area contributed by atoms with Gasteiger partial charge in [0.2, 0.25) is 0 Å². The molecule has 0 atom stereocenters. The Kier molecular flexibility index (Phi) is 1.98. The maximum absolute atomic E-state index is 9.25. The topological polar surface area (TPSA) is 58.9 Å². The normalized spacial score (nSPS) is 14.2. The fraction of sp³-hybridized carbons (Fsp3) is 0.333. The van der Waals surface area contributed by atoms with E-state index in [1.807, 2.05) is 0 Å². The van der Waals surface area contributed by atoms with Gasteiger partial charge in [-0.2, -0.15) is 0 Å². The van der Waals surface area contributed by atoms with Crippen LogP contribution in [0.2, 0.25) is 0 Å². The summed E-state index contributed by atoms with van der Waals surface area (Å²) in [5.41, 5.74) is 0.551. The molecule has 0 spiro atoms. The van der Waals surface area contributed by atoms with Crippen LogP contribution >= 0.6 is 0 Å². The van der Waals surface area contributed by atoms with Gasteiger partial charge in [-0.15, -0.1) is 0 Å². The van der Waals surface area contributed by atoms with Crippen molar-refractivity contribution in [2.75, 3.05) is 13.2 Å². The predicted octanol–water partition coefficient (Wildman–Crippen LogP) is 0.656. The number of hydrogen-bond donors (Lipinski definition) is 2.